The molecule has 0 spiro atoms. The molecular formula is C15H13FN2O3. The van der Waals surface area contributed by atoms with E-state index in [9.17, 15) is 19.3 Å². The largest absolute Gasteiger partial charge is 0.322 e. The molecule has 0 heterocycles. The van der Waals surface area contributed by atoms with E-state index < -0.39 is 22.3 Å². The Kier molecular flexibility index (Phi) is 4.27. The summed E-state index contributed by atoms with van der Waals surface area (Å²) in [5.41, 5.74) is 0.860. The van der Waals surface area contributed by atoms with Crippen LogP contribution < -0.4 is 5.32 Å². The van der Waals surface area contributed by atoms with E-state index in [4.69, 9.17) is 0 Å². The Bertz CT molecular complexity index is 684. The first-order valence-electron chi connectivity index (χ1n) is 6.35. The van der Waals surface area contributed by atoms with Gasteiger partial charge in [-0.2, -0.15) is 0 Å². The van der Waals surface area contributed by atoms with Crippen LogP contribution in [-0.2, 0) is 6.42 Å². The zero-order chi connectivity index (χ0) is 15.4. The fourth-order valence-electron chi connectivity index (χ4n) is 1.87. The predicted octanol–water partition coefficient (Wildman–Crippen LogP) is 3.55. The van der Waals surface area contributed by atoms with Gasteiger partial charge >= 0.3 is 0 Å². The predicted molar refractivity (Wildman–Crippen MR) is 76.8 cm³/mol. The number of nitrogens with zero attached hydrogens (tertiary/aromatic N) is 1. The van der Waals surface area contributed by atoms with Crippen LogP contribution in [0.15, 0.2) is 42.5 Å². The minimum atomic E-state index is -0.717. The Balaban J connectivity index is 2.27. The lowest BCUT2D eigenvalue weighted by atomic mass is 10.1. The second-order valence-electron chi connectivity index (χ2n) is 4.42. The first-order chi connectivity index (χ1) is 10.0. The summed E-state index contributed by atoms with van der Waals surface area (Å²) in [7, 11) is 0. The average Bonchev–Trinajstić information content (AvgIpc) is 2.47. The molecule has 2 aromatic rings. The first-order valence-corrected chi connectivity index (χ1v) is 6.35. The van der Waals surface area contributed by atoms with Crippen molar-refractivity contribution in [2.75, 3.05) is 5.32 Å². The summed E-state index contributed by atoms with van der Waals surface area (Å²) in [6.45, 7) is 2.00. The number of carbonyl (C=O) groups is 1. The highest BCUT2D eigenvalue weighted by atomic mass is 19.1. The Morgan fingerprint density at radius 1 is 1.24 bits per heavy atom. The van der Waals surface area contributed by atoms with Gasteiger partial charge in [-0.05, 0) is 36.2 Å². The first kappa shape index (κ1) is 14.6. The standard InChI is InChI=1S/C15H13FN2O3/c1-2-10-3-6-12(7-4-10)17-15(19)13-9-11(16)5-8-14(13)18(20)21/h3-9H,2H2,1H3,(H,17,19). The summed E-state index contributed by atoms with van der Waals surface area (Å²) in [5, 5.41) is 13.4. The van der Waals surface area contributed by atoms with Crippen LogP contribution in [-0.4, -0.2) is 10.8 Å². The van der Waals surface area contributed by atoms with Gasteiger partial charge in [-0.3, -0.25) is 14.9 Å². The maximum Gasteiger partial charge on any atom is 0.282 e. The van der Waals surface area contributed by atoms with Crippen molar-refractivity contribution in [3.8, 4) is 0 Å². The van der Waals surface area contributed by atoms with Gasteiger partial charge in [0.1, 0.15) is 11.4 Å². The maximum atomic E-state index is 13.2. The van der Waals surface area contributed by atoms with Gasteiger partial charge in [0.25, 0.3) is 11.6 Å². The molecule has 1 N–H and O–H groups in total. The summed E-state index contributed by atoms with van der Waals surface area (Å²) in [6, 6.07) is 9.86. The van der Waals surface area contributed by atoms with E-state index in [0.717, 1.165) is 30.2 Å². The highest BCUT2D eigenvalue weighted by Crippen LogP contribution is 2.21. The molecule has 0 unspecified atom stereocenters. The number of anilines is 1. The van der Waals surface area contributed by atoms with Gasteiger partial charge in [0.05, 0.1) is 4.92 Å². The molecule has 0 fully saturated rings. The molecule has 6 heteroatoms. The van der Waals surface area contributed by atoms with E-state index in [1.165, 1.54) is 0 Å². The third-order valence-electron chi connectivity index (χ3n) is 3.02. The number of nitrogens with one attached hydrogen (secondary N) is 1. The number of carbonyl (C=O) groups excluding carboxylic acids is 1. The normalized spacial score (nSPS) is 10.2. The van der Waals surface area contributed by atoms with Crippen molar-refractivity contribution in [1.82, 2.24) is 0 Å². The number of hydrogen-bond donors (Lipinski definition) is 1. The van der Waals surface area contributed by atoms with Crippen molar-refractivity contribution in [1.29, 1.82) is 0 Å². The molecule has 0 atom stereocenters. The zero-order valence-electron chi connectivity index (χ0n) is 11.3. The van der Waals surface area contributed by atoms with Crippen LogP contribution in [0.1, 0.15) is 22.8 Å². The molecule has 0 aliphatic rings. The van der Waals surface area contributed by atoms with Gasteiger partial charge in [-0.15, -0.1) is 0 Å². The number of rotatable bonds is 4. The van der Waals surface area contributed by atoms with Gasteiger partial charge in [-0.1, -0.05) is 19.1 Å². The van der Waals surface area contributed by atoms with E-state index in [0.29, 0.717) is 5.69 Å². The Morgan fingerprint density at radius 2 is 1.90 bits per heavy atom. The lowest BCUT2D eigenvalue weighted by molar-refractivity contribution is -0.385. The number of nitro groups is 1. The van der Waals surface area contributed by atoms with Gasteiger partial charge < -0.3 is 5.32 Å². The van der Waals surface area contributed by atoms with Crippen LogP contribution in [0.5, 0.6) is 0 Å². The molecule has 21 heavy (non-hydrogen) atoms. The zero-order valence-corrected chi connectivity index (χ0v) is 11.3. The van der Waals surface area contributed by atoms with E-state index in [-0.39, 0.29) is 5.56 Å². The molecule has 0 saturated carbocycles. The minimum absolute atomic E-state index is 0.306. The summed E-state index contributed by atoms with van der Waals surface area (Å²) in [6.07, 6.45) is 0.865. The van der Waals surface area contributed by atoms with Crippen LogP contribution in [0.25, 0.3) is 0 Å². The summed E-state index contributed by atoms with van der Waals surface area (Å²) < 4.78 is 13.2. The third kappa shape index (κ3) is 3.42. The SMILES string of the molecule is CCc1ccc(NC(=O)c2cc(F)ccc2[N+](=O)[O-])cc1. The monoisotopic (exact) mass is 288 g/mol. The van der Waals surface area contributed by atoms with Gasteiger partial charge in [0, 0.05) is 11.8 Å². The van der Waals surface area contributed by atoms with Gasteiger partial charge in [-0.25, -0.2) is 4.39 Å². The number of aryl methyl sites for hydroxylation is 1. The number of benzene rings is 2. The van der Waals surface area contributed by atoms with Gasteiger partial charge in [0.15, 0.2) is 0 Å². The molecule has 0 saturated heterocycles. The maximum absolute atomic E-state index is 13.2. The third-order valence-corrected chi connectivity index (χ3v) is 3.02. The molecule has 5 nitrogen and oxygen atoms in total. The minimum Gasteiger partial charge on any atom is -0.322 e. The summed E-state index contributed by atoms with van der Waals surface area (Å²) in [5.74, 6) is -1.42. The molecule has 0 radical (unpaired) electrons. The highest BCUT2D eigenvalue weighted by Gasteiger charge is 2.20. The Labute approximate surface area is 120 Å². The molecule has 0 aliphatic carbocycles. The van der Waals surface area contributed by atoms with Crippen molar-refractivity contribution >= 4 is 17.3 Å². The van der Waals surface area contributed by atoms with Crippen LogP contribution in [0, 0.1) is 15.9 Å². The molecular weight excluding hydrogens is 275 g/mol. The molecule has 108 valence electrons. The summed E-state index contributed by atoms with van der Waals surface area (Å²) >= 11 is 0. The van der Waals surface area contributed by atoms with E-state index in [2.05, 4.69) is 5.32 Å². The topological polar surface area (TPSA) is 72.2 Å². The second kappa shape index (κ2) is 6.13. The lowest BCUT2D eigenvalue weighted by Crippen LogP contribution is -2.14. The van der Waals surface area contributed by atoms with Crippen molar-refractivity contribution in [2.45, 2.75) is 13.3 Å². The van der Waals surface area contributed by atoms with Crippen molar-refractivity contribution in [3.05, 3.63) is 69.5 Å². The van der Waals surface area contributed by atoms with Crippen molar-refractivity contribution in [2.24, 2.45) is 0 Å². The fourth-order valence-corrected chi connectivity index (χ4v) is 1.87. The quantitative estimate of drug-likeness (QED) is 0.690. The number of amides is 1. The smallest absolute Gasteiger partial charge is 0.282 e. The molecule has 0 aromatic heterocycles. The van der Waals surface area contributed by atoms with Crippen LogP contribution in [0.4, 0.5) is 15.8 Å². The second-order valence-corrected chi connectivity index (χ2v) is 4.42. The molecule has 1 amide bonds. The fraction of sp³-hybridized carbons (Fsp3) is 0.133. The van der Waals surface area contributed by atoms with Crippen LogP contribution in [0.3, 0.4) is 0 Å². The average molecular weight is 288 g/mol. The molecule has 2 rings (SSSR count). The van der Waals surface area contributed by atoms with Gasteiger partial charge in [0.2, 0.25) is 0 Å². The number of halogens is 1. The Hall–Kier alpha value is -2.76. The Morgan fingerprint density at radius 3 is 2.48 bits per heavy atom. The highest BCUT2D eigenvalue weighted by molar-refractivity contribution is 6.07. The van der Waals surface area contributed by atoms with Crippen LogP contribution >= 0.6 is 0 Å². The van der Waals surface area contributed by atoms with E-state index in [1.807, 2.05) is 19.1 Å². The van der Waals surface area contributed by atoms with Crippen LogP contribution in [0.2, 0.25) is 0 Å². The van der Waals surface area contributed by atoms with E-state index >= 15 is 0 Å². The van der Waals surface area contributed by atoms with Crippen molar-refractivity contribution in [3.63, 3.8) is 0 Å². The number of hydrogen-bond acceptors (Lipinski definition) is 3. The summed E-state index contributed by atoms with van der Waals surface area (Å²) in [4.78, 5) is 22.2. The van der Waals surface area contributed by atoms with E-state index in [1.54, 1.807) is 12.1 Å². The molecule has 0 aliphatic heterocycles. The van der Waals surface area contributed by atoms with Crippen molar-refractivity contribution < 1.29 is 14.1 Å². The lowest BCUT2D eigenvalue weighted by Gasteiger charge is -2.06. The molecule has 2 aromatic carbocycles. The number of nitro benzene ring substituents is 1. The molecule has 0 bridgehead atoms.